The molecule has 0 spiro atoms. The van der Waals surface area contributed by atoms with Crippen LogP contribution in [0.5, 0.6) is 0 Å². The quantitative estimate of drug-likeness (QED) is 0.929. The van der Waals surface area contributed by atoms with Crippen LogP contribution < -0.4 is 5.32 Å². The van der Waals surface area contributed by atoms with Crippen molar-refractivity contribution in [2.24, 2.45) is 5.41 Å². The van der Waals surface area contributed by atoms with Crippen molar-refractivity contribution >= 4 is 33.2 Å². The molecule has 0 unspecified atom stereocenters. The monoisotopic (exact) mass is 286 g/mol. The number of halogens is 1. The third-order valence-corrected chi connectivity index (χ3v) is 3.52. The highest BCUT2D eigenvalue weighted by atomic mass is 79.9. The second-order valence-electron chi connectivity index (χ2n) is 3.63. The molecule has 3 nitrogen and oxygen atoms in total. The maximum absolute atomic E-state index is 11.5. The number of hydrogen-bond acceptors (Lipinski definition) is 3. The van der Waals surface area contributed by atoms with Gasteiger partial charge in [0.15, 0.2) is 0 Å². The number of nitriles is 1. The van der Waals surface area contributed by atoms with E-state index in [1.165, 1.54) is 0 Å². The van der Waals surface area contributed by atoms with Crippen molar-refractivity contribution < 1.29 is 4.79 Å². The van der Waals surface area contributed by atoms with Crippen molar-refractivity contribution in [1.82, 2.24) is 5.32 Å². The van der Waals surface area contributed by atoms with Gasteiger partial charge in [-0.25, -0.2) is 0 Å². The molecule has 1 aromatic heterocycles. The summed E-state index contributed by atoms with van der Waals surface area (Å²) in [7, 11) is 0. The average Bonchev–Trinajstić information content (AvgIpc) is 2.60. The van der Waals surface area contributed by atoms with Crippen LogP contribution in [-0.4, -0.2) is 5.91 Å². The number of amides is 1. The molecule has 0 bridgehead atoms. The van der Waals surface area contributed by atoms with Gasteiger partial charge in [0.25, 0.3) is 0 Å². The zero-order chi connectivity index (χ0) is 11.5. The predicted octanol–water partition coefficient (Wildman–Crippen LogP) is 2.68. The summed E-state index contributed by atoms with van der Waals surface area (Å²) in [5.74, 6) is -0.241. The molecule has 1 N–H and O–H groups in total. The lowest BCUT2D eigenvalue weighted by atomic mass is 9.95. The average molecular weight is 287 g/mol. The summed E-state index contributed by atoms with van der Waals surface area (Å²) in [5, 5.41) is 11.5. The van der Waals surface area contributed by atoms with E-state index in [1.807, 2.05) is 18.2 Å². The number of hydrogen-bond donors (Lipinski definition) is 1. The number of thiophene rings is 1. The van der Waals surface area contributed by atoms with Crippen LogP contribution in [0.4, 0.5) is 0 Å². The van der Waals surface area contributed by atoms with Crippen LogP contribution >= 0.6 is 27.3 Å². The van der Waals surface area contributed by atoms with Crippen LogP contribution in [0.2, 0.25) is 0 Å². The van der Waals surface area contributed by atoms with E-state index in [0.29, 0.717) is 6.54 Å². The Bertz CT molecular complexity index is 406. The topological polar surface area (TPSA) is 52.9 Å². The van der Waals surface area contributed by atoms with E-state index < -0.39 is 5.41 Å². The Hall–Kier alpha value is -0.860. The van der Waals surface area contributed by atoms with Crippen molar-refractivity contribution in [3.63, 3.8) is 0 Å². The van der Waals surface area contributed by atoms with Crippen molar-refractivity contribution in [1.29, 1.82) is 5.26 Å². The number of rotatable bonds is 3. The van der Waals surface area contributed by atoms with E-state index in [-0.39, 0.29) is 5.91 Å². The van der Waals surface area contributed by atoms with E-state index in [2.05, 4.69) is 21.2 Å². The van der Waals surface area contributed by atoms with E-state index in [1.54, 1.807) is 25.2 Å². The Morgan fingerprint density at radius 1 is 1.67 bits per heavy atom. The Labute approximate surface area is 101 Å². The first-order valence-electron chi connectivity index (χ1n) is 4.39. The summed E-state index contributed by atoms with van der Waals surface area (Å²) in [6.07, 6.45) is 0. The highest BCUT2D eigenvalue weighted by molar-refractivity contribution is 9.11. The van der Waals surface area contributed by atoms with Gasteiger partial charge in [-0.3, -0.25) is 4.79 Å². The molecule has 0 aliphatic carbocycles. The molecule has 80 valence electrons. The molecule has 0 atom stereocenters. The lowest BCUT2D eigenvalue weighted by Gasteiger charge is -2.14. The number of carbonyl (C=O) groups excluding carboxylic acids is 1. The predicted molar refractivity (Wildman–Crippen MR) is 63.3 cm³/mol. The van der Waals surface area contributed by atoms with E-state index >= 15 is 0 Å². The van der Waals surface area contributed by atoms with Crippen molar-refractivity contribution in [3.8, 4) is 6.07 Å². The molecule has 5 heteroatoms. The minimum absolute atomic E-state index is 0.241. The van der Waals surface area contributed by atoms with Gasteiger partial charge in [-0.1, -0.05) is 0 Å². The third-order valence-electron chi connectivity index (χ3n) is 1.90. The molecule has 0 saturated heterocycles. The fourth-order valence-electron chi connectivity index (χ4n) is 0.886. The molecule has 0 fully saturated rings. The Morgan fingerprint density at radius 3 is 2.80 bits per heavy atom. The Kier molecular flexibility index (Phi) is 3.89. The molecule has 1 rings (SSSR count). The number of carbonyl (C=O) groups is 1. The largest absolute Gasteiger partial charge is 0.350 e. The highest BCUT2D eigenvalue weighted by Crippen LogP contribution is 2.22. The fraction of sp³-hybridized carbons (Fsp3) is 0.400. The van der Waals surface area contributed by atoms with Gasteiger partial charge >= 0.3 is 0 Å². The van der Waals surface area contributed by atoms with E-state index in [9.17, 15) is 4.79 Å². The highest BCUT2D eigenvalue weighted by Gasteiger charge is 2.26. The molecule has 0 radical (unpaired) electrons. The van der Waals surface area contributed by atoms with E-state index in [0.717, 1.165) is 8.66 Å². The zero-order valence-electron chi connectivity index (χ0n) is 8.50. The molecule has 0 aliphatic heterocycles. The van der Waals surface area contributed by atoms with Crippen LogP contribution in [0.25, 0.3) is 0 Å². The molecule has 1 amide bonds. The first-order chi connectivity index (χ1) is 6.95. The van der Waals surface area contributed by atoms with Crippen LogP contribution in [0.1, 0.15) is 18.7 Å². The summed E-state index contributed by atoms with van der Waals surface area (Å²) in [6, 6.07) is 5.84. The number of nitrogens with zero attached hydrogens (tertiary/aromatic N) is 1. The summed E-state index contributed by atoms with van der Waals surface area (Å²) in [4.78, 5) is 12.6. The van der Waals surface area contributed by atoms with Gasteiger partial charge in [-0.15, -0.1) is 11.3 Å². The van der Waals surface area contributed by atoms with Gasteiger partial charge in [-0.05, 0) is 41.9 Å². The molecular weight excluding hydrogens is 276 g/mol. The first-order valence-corrected chi connectivity index (χ1v) is 6.00. The molecule has 0 aromatic carbocycles. The molecule has 15 heavy (non-hydrogen) atoms. The van der Waals surface area contributed by atoms with Gasteiger partial charge in [0, 0.05) is 4.88 Å². The molecular formula is C10H11BrN2OS. The summed E-state index contributed by atoms with van der Waals surface area (Å²) in [6.45, 7) is 3.68. The maximum atomic E-state index is 11.5. The molecule has 0 saturated carbocycles. The first kappa shape index (κ1) is 12.2. The standard InChI is InChI=1S/C10H11BrN2OS/c1-10(2,6-12)9(14)13-5-7-3-4-8(11)15-7/h3-4H,5H2,1-2H3,(H,13,14). The van der Waals surface area contributed by atoms with Crippen molar-refractivity contribution in [3.05, 3.63) is 20.8 Å². The van der Waals surface area contributed by atoms with Gasteiger partial charge in [0.2, 0.25) is 5.91 Å². The molecule has 1 heterocycles. The van der Waals surface area contributed by atoms with Gasteiger partial charge in [0.05, 0.1) is 16.4 Å². The molecule has 1 aromatic rings. The second-order valence-corrected chi connectivity index (χ2v) is 6.17. The van der Waals surface area contributed by atoms with Crippen molar-refractivity contribution in [2.45, 2.75) is 20.4 Å². The van der Waals surface area contributed by atoms with Gasteiger partial charge in [-0.2, -0.15) is 5.26 Å². The Morgan fingerprint density at radius 2 is 2.33 bits per heavy atom. The second kappa shape index (κ2) is 4.77. The summed E-state index contributed by atoms with van der Waals surface area (Å²) >= 11 is 4.91. The summed E-state index contributed by atoms with van der Waals surface area (Å²) < 4.78 is 1.03. The van der Waals surface area contributed by atoms with Crippen LogP contribution in [0.3, 0.4) is 0 Å². The maximum Gasteiger partial charge on any atom is 0.240 e. The minimum atomic E-state index is -0.964. The minimum Gasteiger partial charge on any atom is -0.350 e. The number of nitrogens with one attached hydrogen (secondary N) is 1. The SMILES string of the molecule is CC(C)(C#N)C(=O)NCc1ccc(Br)s1. The smallest absolute Gasteiger partial charge is 0.240 e. The van der Waals surface area contributed by atoms with Crippen molar-refractivity contribution in [2.75, 3.05) is 0 Å². The van der Waals surface area contributed by atoms with Crippen LogP contribution in [-0.2, 0) is 11.3 Å². The lowest BCUT2D eigenvalue weighted by Crippen LogP contribution is -2.35. The zero-order valence-corrected chi connectivity index (χ0v) is 10.9. The third kappa shape index (κ3) is 3.33. The van der Waals surface area contributed by atoms with Crippen LogP contribution in [0, 0.1) is 16.7 Å². The summed E-state index contributed by atoms with van der Waals surface area (Å²) in [5.41, 5.74) is -0.964. The lowest BCUT2D eigenvalue weighted by molar-refractivity contribution is -0.126. The van der Waals surface area contributed by atoms with E-state index in [4.69, 9.17) is 5.26 Å². The van der Waals surface area contributed by atoms with Gasteiger partial charge < -0.3 is 5.32 Å². The fourth-order valence-corrected chi connectivity index (χ4v) is 2.31. The van der Waals surface area contributed by atoms with Gasteiger partial charge in [0.1, 0.15) is 5.41 Å². The Balaban J connectivity index is 2.52. The normalized spacial score (nSPS) is 10.8. The molecule has 0 aliphatic rings. The van der Waals surface area contributed by atoms with Crippen LogP contribution in [0.15, 0.2) is 15.9 Å².